The van der Waals surface area contributed by atoms with Crippen molar-refractivity contribution in [3.8, 4) is 0 Å². The van der Waals surface area contributed by atoms with Crippen LogP contribution in [0.25, 0.3) is 0 Å². The Balaban J connectivity index is 1.77. The largest absolute Gasteiger partial charge is 0.339 e. The molecule has 3 rings (SSSR count). The van der Waals surface area contributed by atoms with Gasteiger partial charge in [-0.15, -0.1) is 0 Å². The summed E-state index contributed by atoms with van der Waals surface area (Å²) in [5.74, 6) is 0.227. The Morgan fingerprint density at radius 3 is 2.23 bits per heavy atom. The Bertz CT molecular complexity index is 775. The number of rotatable bonds is 4. The van der Waals surface area contributed by atoms with Crippen molar-refractivity contribution in [2.45, 2.75) is 39.0 Å². The predicted octanol–water partition coefficient (Wildman–Crippen LogP) is 4.69. The Morgan fingerprint density at radius 2 is 1.58 bits per heavy atom. The zero-order valence-corrected chi connectivity index (χ0v) is 15.5. The zero-order chi connectivity index (χ0) is 18.5. The van der Waals surface area contributed by atoms with Gasteiger partial charge in [-0.25, -0.2) is 0 Å². The summed E-state index contributed by atoms with van der Waals surface area (Å²) in [4.78, 5) is 27.3. The third-order valence-electron chi connectivity index (χ3n) is 4.89. The van der Waals surface area contributed by atoms with Gasteiger partial charge in [0.2, 0.25) is 0 Å². The Kier molecular flexibility index (Phi) is 5.71. The molecular formula is C22H26N2O2. The third-order valence-corrected chi connectivity index (χ3v) is 4.89. The van der Waals surface area contributed by atoms with Gasteiger partial charge in [-0.3, -0.25) is 9.59 Å². The summed E-state index contributed by atoms with van der Waals surface area (Å²) < 4.78 is 0. The number of nitrogens with zero attached hydrogens (tertiary/aromatic N) is 1. The van der Waals surface area contributed by atoms with Crippen LogP contribution in [-0.4, -0.2) is 29.8 Å². The number of amides is 2. The molecule has 1 N–H and O–H groups in total. The molecule has 1 heterocycles. The van der Waals surface area contributed by atoms with E-state index in [0.29, 0.717) is 22.7 Å². The van der Waals surface area contributed by atoms with Gasteiger partial charge < -0.3 is 10.2 Å². The minimum Gasteiger partial charge on any atom is -0.339 e. The summed E-state index contributed by atoms with van der Waals surface area (Å²) in [5.41, 5.74) is 2.92. The monoisotopic (exact) mass is 350 g/mol. The minimum atomic E-state index is -0.195. The Labute approximate surface area is 155 Å². The first kappa shape index (κ1) is 18.2. The lowest BCUT2D eigenvalue weighted by Crippen LogP contribution is -2.36. The number of hydrogen-bond acceptors (Lipinski definition) is 2. The second kappa shape index (κ2) is 8.17. The van der Waals surface area contributed by atoms with E-state index >= 15 is 0 Å². The van der Waals surface area contributed by atoms with E-state index in [2.05, 4.69) is 19.2 Å². The van der Waals surface area contributed by atoms with E-state index in [0.717, 1.165) is 25.9 Å². The third kappa shape index (κ3) is 4.13. The van der Waals surface area contributed by atoms with Crippen molar-refractivity contribution in [3.05, 3.63) is 65.2 Å². The van der Waals surface area contributed by atoms with E-state index in [4.69, 9.17) is 0 Å². The molecule has 0 unspecified atom stereocenters. The van der Waals surface area contributed by atoms with E-state index < -0.39 is 0 Å². The highest BCUT2D eigenvalue weighted by atomic mass is 16.2. The first-order valence-corrected chi connectivity index (χ1v) is 9.36. The van der Waals surface area contributed by atoms with Crippen LogP contribution in [0.2, 0.25) is 0 Å². The van der Waals surface area contributed by atoms with Gasteiger partial charge >= 0.3 is 0 Å². The molecule has 4 nitrogen and oxygen atoms in total. The molecule has 2 aromatic rings. The molecule has 4 heteroatoms. The van der Waals surface area contributed by atoms with Crippen LogP contribution in [0.15, 0.2) is 48.5 Å². The lowest BCUT2D eigenvalue weighted by atomic mass is 10.0. The number of nitrogens with one attached hydrogen (secondary N) is 1. The van der Waals surface area contributed by atoms with Gasteiger partial charge in [0.1, 0.15) is 0 Å². The van der Waals surface area contributed by atoms with Crippen LogP contribution in [0, 0.1) is 0 Å². The molecule has 0 saturated carbocycles. The quantitative estimate of drug-likeness (QED) is 0.870. The van der Waals surface area contributed by atoms with Gasteiger partial charge in [-0.1, -0.05) is 38.1 Å². The molecule has 0 radical (unpaired) electrons. The molecule has 0 bridgehead atoms. The van der Waals surface area contributed by atoms with E-state index in [9.17, 15) is 9.59 Å². The number of piperidine rings is 1. The molecule has 1 aliphatic heterocycles. The fourth-order valence-corrected chi connectivity index (χ4v) is 3.26. The van der Waals surface area contributed by atoms with Crippen LogP contribution in [-0.2, 0) is 0 Å². The van der Waals surface area contributed by atoms with Crippen molar-refractivity contribution < 1.29 is 9.59 Å². The lowest BCUT2D eigenvalue weighted by molar-refractivity contribution is 0.0725. The van der Waals surface area contributed by atoms with Gasteiger partial charge in [-0.05, 0) is 55.0 Å². The lowest BCUT2D eigenvalue weighted by Gasteiger charge is -2.27. The molecule has 0 aliphatic carbocycles. The van der Waals surface area contributed by atoms with Gasteiger partial charge in [0.25, 0.3) is 11.8 Å². The highest BCUT2D eigenvalue weighted by molar-refractivity contribution is 6.09. The van der Waals surface area contributed by atoms with Crippen LogP contribution in [0.5, 0.6) is 0 Å². The number of hydrogen-bond donors (Lipinski definition) is 1. The van der Waals surface area contributed by atoms with Gasteiger partial charge in [0.15, 0.2) is 0 Å². The van der Waals surface area contributed by atoms with Crippen molar-refractivity contribution in [3.63, 3.8) is 0 Å². The molecule has 136 valence electrons. The van der Waals surface area contributed by atoms with Crippen molar-refractivity contribution in [1.29, 1.82) is 0 Å². The normalized spacial score (nSPS) is 14.3. The second-order valence-corrected chi connectivity index (χ2v) is 7.13. The summed E-state index contributed by atoms with van der Waals surface area (Å²) in [6.07, 6.45) is 3.26. The van der Waals surface area contributed by atoms with Crippen molar-refractivity contribution in [1.82, 2.24) is 4.90 Å². The number of carbonyl (C=O) groups is 2. The fraction of sp³-hybridized carbons (Fsp3) is 0.364. The zero-order valence-electron chi connectivity index (χ0n) is 15.5. The maximum Gasteiger partial charge on any atom is 0.255 e. The van der Waals surface area contributed by atoms with Crippen molar-refractivity contribution in [2.75, 3.05) is 18.4 Å². The van der Waals surface area contributed by atoms with Gasteiger partial charge in [-0.2, -0.15) is 0 Å². The van der Waals surface area contributed by atoms with Crippen LogP contribution in [0.4, 0.5) is 5.69 Å². The average Bonchev–Trinajstić information content (AvgIpc) is 2.68. The molecular weight excluding hydrogens is 324 g/mol. The molecule has 26 heavy (non-hydrogen) atoms. The van der Waals surface area contributed by atoms with Crippen molar-refractivity contribution in [2.24, 2.45) is 0 Å². The minimum absolute atomic E-state index is 0.00393. The Hall–Kier alpha value is -2.62. The standard InChI is InChI=1S/C22H26N2O2/c1-16(2)17-10-12-18(13-11-17)21(25)23-20-9-5-4-8-19(20)22(26)24-14-6-3-7-15-24/h4-5,8-13,16H,3,6-7,14-15H2,1-2H3,(H,23,25). The number of likely N-dealkylation sites (tertiary alicyclic amines) is 1. The first-order chi connectivity index (χ1) is 12.6. The molecule has 2 aromatic carbocycles. The van der Waals surface area contributed by atoms with E-state index in [1.807, 2.05) is 41.3 Å². The second-order valence-electron chi connectivity index (χ2n) is 7.13. The molecule has 1 aliphatic rings. The molecule has 2 amide bonds. The summed E-state index contributed by atoms with van der Waals surface area (Å²) in [5, 5.41) is 2.91. The van der Waals surface area contributed by atoms with E-state index in [1.165, 1.54) is 12.0 Å². The SMILES string of the molecule is CC(C)c1ccc(C(=O)Nc2ccccc2C(=O)N2CCCCC2)cc1. The van der Waals surface area contributed by atoms with Gasteiger partial charge in [0.05, 0.1) is 11.3 Å². The van der Waals surface area contributed by atoms with Crippen LogP contribution in [0.1, 0.15) is 65.3 Å². The predicted molar refractivity (Wildman–Crippen MR) is 105 cm³/mol. The van der Waals surface area contributed by atoms with Crippen LogP contribution in [0.3, 0.4) is 0 Å². The van der Waals surface area contributed by atoms with Gasteiger partial charge in [0, 0.05) is 18.7 Å². The topological polar surface area (TPSA) is 49.4 Å². The van der Waals surface area contributed by atoms with E-state index in [-0.39, 0.29) is 11.8 Å². The average molecular weight is 350 g/mol. The summed E-state index contributed by atoms with van der Waals surface area (Å²) >= 11 is 0. The smallest absolute Gasteiger partial charge is 0.255 e. The maximum absolute atomic E-state index is 12.8. The molecule has 0 aromatic heterocycles. The molecule has 0 spiro atoms. The van der Waals surface area contributed by atoms with Crippen LogP contribution < -0.4 is 5.32 Å². The van der Waals surface area contributed by atoms with Crippen LogP contribution >= 0.6 is 0 Å². The molecule has 1 saturated heterocycles. The van der Waals surface area contributed by atoms with E-state index in [1.54, 1.807) is 12.1 Å². The highest BCUT2D eigenvalue weighted by Crippen LogP contribution is 2.21. The summed E-state index contributed by atoms with van der Waals surface area (Å²) in [7, 11) is 0. The van der Waals surface area contributed by atoms with Crippen molar-refractivity contribution >= 4 is 17.5 Å². The summed E-state index contributed by atoms with van der Waals surface area (Å²) in [6, 6.07) is 14.9. The number of carbonyl (C=O) groups excluding carboxylic acids is 2. The number of anilines is 1. The highest BCUT2D eigenvalue weighted by Gasteiger charge is 2.21. The number of para-hydroxylation sites is 1. The Morgan fingerprint density at radius 1 is 0.923 bits per heavy atom. The maximum atomic E-state index is 12.8. The number of benzene rings is 2. The molecule has 1 fully saturated rings. The summed E-state index contributed by atoms with van der Waals surface area (Å²) in [6.45, 7) is 5.82. The molecule has 0 atom stereocenters. The fourth-order valence-electron chi connectivity index (χ4n) is 3.26. The first-order valence-electron chi connectivity index (χ1n) is 9.36.